The van der Waals surface area contributed by atoms with E-state index in [0.717, 1.165) is 10.5 Å². The van der Waals surface area contributed by atoms with E-state index in [1.54, 1.807) is 6.20 Å². The first-order valence-electron chi connectivity index (χ1n) is 8.87. The van der Waals surface area contributed by atoms with Crippen molar-refractivity contribution in [2.24, 2.45) is 0 Å². The Morgan fingerprint density at radius 2 is 1.86 bits per heavy atom. The molecule has 144 valence electrons. The topological polar surface area (TPSA) is 89.7 Å². The molecular formula is C22H16N2O5. The van der Waals surface area contributed by atoms with Gasteiger partial charge in [-0.1, -0.05) is 36.4 Å². The van der Waals surface area contributed by atoms with Crippen LogP contribution in [0.25, 0.3) is 11.3 Å². The molecule has 0 unspecified atom stereocenters. The van der Waals surface area contributed by atoms with Crippen LogP contribution < -0.4 is 0 Å². The number of esters is 1. The lowest BCUT2D eigenvalue weighted by atomic mass is 10.1. The van der Waals surface area contributed by atoms with Crippen LogP contribution in [0, 0.1) is 0 Å². The van der Waals surface area contributed by atoms with E-state index < -0.39 is 17.8 Å². The van der Waals surface area contributed by atoms with Crippen LogP contribution in [0.3, 0.4) is 0 Å². The minimum absolute atomic E-state index is 0.111. The van der Waals surface area contributed by atoms with Crippen molar-refractivity contribution in [1.29, 1.82) is 0 Å². The highest BCUT2D eigenvalue weighted by Gasteiger charge is 2.35. The third-order valence-corrected chi connectivity index (χ3v) is 4.46. The molecule has 0 N–H and O–H groups in total. The van der Waals surface area contributed by atoms with Crippen LogP contribution in [0.4, 0.5) is 0 Å². The zero-order chi connectivity index (χ0) is 20.4. The molecule has 1 aliphatic heterocycles. The highest BCUT2D eigenvalue weighted by molar-refractivity contribution is 6.22. The van der Waals surface area contributed by atoms with Gasteiger partial charge in [0, 0.05) is 12.1 Å². The summed E-state index contributed by atoms with van der Waals surface area (Å²) in [5.74, 6) is -0.685. The van der Waals surface area contributed by atoms with Gasteiger partial charge in [0.25, 0.3) is 11.8 Å². The molecule has 7 nitrogen and oxygen atoms in total. The Bertz CT molecular complexity index is 1120. The van der Waals surface area contributed by atoms with Gasteiger partial charge in [0.15, 0.2) is 12.4 Å². The maximum Gasteiger partial charge on any atom is 0.338 e. The molecule has 7 heteroatoms. The van der Waals surface area contributed by atoms with Crippen molar-refractivity contribution in [3.05, 3.63) is 90.0 Å². The Kier molecular flexibility index (Phi) is 4.78. The van der Waals surface area contributed by atoms with Crippen LogP contribution in [0.5, 0.6) is 0 Å². The van der Waals surface area contributed by atoms with E-state index in [1.165, 1.54) is 24.3 Å². The number of hydrogen-bond acceptors (Lipinski definition) is 6. The van der Waals surface area contributed by atoms with Crippen LogP contribution >= 0.6 is 0 Å². The first-order valence-corrected chi connectivity index (χ1v) is 8.87. The van der Waals surface area contributed by atoms with Crippen molar-refractivity contribution >= 4 is 17.8 Å². The second kappa shape index (κ2) is 7.55. The maximum atomic E-state index is 12.4. The number of fused-ring (bicyclic) bond motifs is 1. The summed E-state index contributed by atoms with van der Waals surface area (Å²) in [5.41, 5.74) is 1.46. The van der Waals surface area contributed by atoms with E-state index in [-0.39, 0.29) is 35.7 Å². The first-order chi connectivity index (χ1) is 14.1. The molecule has 0 spiro atoms. The smallest absolute Gasteiger partial charge is 0.338 e. The zero-order valence-corrected chi connectivity index (χ0v) is 15.3. The Morgan fingerprint density at radius 3 is 2.62 bits per heavy atom. The Balaban J connectivity index is 1.45. The lowest BCUT2D eigenvalue weighted by Gasteiger charge is -2.09. The minimum atomic E-state index is -0.644. The summed E-state index contributed by atoms with van der Waals surface area (Å²) in [7, 11) is 0. The fraction of sp³-hybridized carbons (Fsp3) is 0.0909. The molecule has 29 heavy (non-hydrogen) atoms. The lowest BCUT2D eigenvalue weighted by molar-refractivity contribution is 0.0438. The van der Waals surface area contributed by atoms with Crippen LogP contribution in [0.2, 0.25) is 0 Å². The predicted molar refractivity (Wildman–Crippen MR) is 103 cm³/mol. The van der Waals surface area contributed by atoms with Gasteiger partial charge in [-0.05, 0) is 18.2 Å². The molecule has 3 aromatic rings. The van der Waals surface area contributed by atoms with Crippen molar-refractivity contribution in [3.8, 4) is 11.3 Å². The SMILES string of the molecule is C=CCN1C(=O)c2ccc(C(=O)OCc3ncc(-c4ccccc4)o3)cc2C1=O. The van der Waals surface area contributed by atoms with Gasteiger partial charge >= 0.3 is 5.97 Å². The number of nitrogens with zero attached hydrogens (tertiary/aromatic N) is 2. The average Bonchev–Trinajstić information content (AvgIpc) is 3.32. The van der Waals surface area contributed by atoms with E-state index in [1.807, 2.05) is 30.3 Å². The molecule has 2 amide bonds. The lowest BCUT2D eigenvalue weighted by Crippen LogP contribution is -2.29. The van der Waals surface area contributed by atoms with Gasteiger partial charge in [-0.2, -0.15) is 0 Å². The Morgan fingerprint density at radius 1 is 1.10 bits per heavy atom. The number of hydrogen-bond donors (Lipinski definition) is 0. The third kappa shape index (κ3) is 3.45. The van der Waals surface area contributed by atoms with Crippen molar-refractivity contribution in [3.63, 3.8) is 0 Å². The van der Waals surface area contributed by atoms with Gasteiger partial charge in [-0.25, -0.2) is 9.78 Å². The van der Waals surface area contributed by atoms with E-state index in [0.29, 0.717) is 5.76 Å². The summed E-state index contributed by atoms with van der Waals surface area (Å²) in [6.07, 6.45) is 3.03. The number of amides is 2. The van der Waals surface area contributed by atoms with E-state index in [2.05, 4.69) is 11.6 Å². The zero-order valence-electron chi connectivity index (χ0n) is 15.3. The fourth-order valence-electron chi connectivity index (χ4n) is 3.04. The molecule has 1 aromatic heterocycles. The van der Waals surface area contributed by atoms with Crippen molar-refractivity contribution in [1.82, 2.24) is 9.88 Å². The van der Waals surface area contributed by atoms with Gasteiger partial charge in [-0.3, -0.25) is 14.5 Å². The number of oxazole rings is 1. The second-order valence-electron chi connectivity index (χ2n) is 6.33. The molecule has 2 aromatic carbocycles. The van der Waals surface area contributed by atoms with E-state index in [4.69, 9.17) is 9.15 Å². The molecule has 0 atom stereocenters. The summed E-state index contributed by atoms with van der Waals surface area (Å²) >= 11 is 0. The highest BCUT2D eigenvalue weighted by Crippen LogP contribution is 2.25. The van der Waals surface area contributed by atoms with Crippen LogP contribution in [-0.2, 0) is 11.3 Å². The second-order valence-corrected chi connectivity index (χ2v) is 6.33. The van der Waals surface area contributed by atoms with Crippen molar-refractivity contribution in [2.75, 3.05) is 6.54 Å². The normalized spacial score (nSPS) is 12.8. The molecule has 0 fully saturated rings. The standard InChI is InChI=1S/C22H16N2O5/c1-2-10-24-20(25)16-9-8-15(11-17(16)21(24)26)22(27)28-13-19-23-12-18(29-19)14-6-4-3-5-7-14/h2-9,11-12H,1,10,13H2. The van der Waals surface area contributed by atoms with Crippen LogP contribution in [0.15, 0.2) is 71.8 Å². The highest BCUT2D eigenvalue weighted by atomic mass is 16.5. The van der Waals surface area contributed by atoms with E-state index in [9.17, 15) is 14.4 Å². The molecule has 0 saturated heterocycles. The maximum absolute atomic E-state index is 12.4. The third-order valence-electron chi connectivity index (χ3n) is 4.46. The molecule has 0 aliphatic carbocycles. The fourth-order valence-corrected chi connectivity index (χ4v) is 3.04. The largest absolute Gasteiger partial charge is 0.452 e. The number of carbonyl (C=O) groups excluding carboxylic acids is 3. The van der Waals surface area contributed by atoms with Gasteiger partial charge in [0.1, 0.15) is 0 Å². The number of benzene rings is 2. The molecule has 4 rings (SSSR count). The molecule has 1 aliphatic rings. The Hall–Kier alpha value is -4.00. The molecular weight excluding hydrogens is 372 g/mol. The summed E-state index contributed by atoms with van der Waals surface area (Å²) < 4.78 is 10.8. The number of aromatic nitrogens is 1. The number of imide groups is 1. The number of ether oxygens (including phenoxy) is 1. The quantitative estimate of drug-likeness (QED) is 0.365. The van der Waals surface area contributed by atoms with Crippen LogP contribution in [-0.4, -0.2) is 34.2 Å². The summed E-state index contributed by atoms with van der Waals surface area (Å²) in [4.78, 5) is 42.2. The van der Waals surface area contributed by atoms with Gasteiger partial charge in [0.2, 0.25) is 5.89 Å². The summed E-state index contributed by atoms with van der Waals surface area (Å²) in [5, 5.41) is 0. The number of rotatable bonds is 6. The molecule has 0 bridgehead atoms. The average molecular weight is 388 g/mol. The summed E-state index contributed by atoms with van der Waals surface area (Å²) in [6, 6.07) is 13.7. The molecule has 0 radical (unpaired) electrons. The molecule has 0 saturated carbocycles. The van der Waals surface area contributed by atoms with Crippen molar-refractivity contribution in [2.45, 2.75) is 6.61 Å². The molecule has 2 heterocycles. The number of carbonyl (C=O) groups is 3. The van der Waals surface area contributed by atoms with Gasteiger partial charge < -0.3 is 9.15 Å². The van der Waals surface area contributed by atoms with Gasteiger partial charge in [0.05, 0.1) is 22.9 Å². The van der Waals surface area contributed by atoms with Crippen molar-refractivity contribution < 1.29 is 23.5 Å². The predicted octanol–water partition coefficient (Wildman–Crippen LogP) is 3.48. The summed E-state index contributed by atoms with van der Waals surface area (Å²) in [6.45, 7) is 3.50. The van der Waals surface area contributed by atoms with Gasteiger partial charge in [-0.15, -0.1) is 6.58 Å². The van der Waals surface area contributed by atoms with Crippen LogP contribution in [0.1, 0.15) is 37.0 Å². The first kappa shape index (κ1) is 18.4. The minimum Gasteiger partial charge on any atom is -0.452 e. The Labute approximate surface area is 166 Å². The monoisotopic (exact) mass is 388 g/mol. The van der Waals surface area contributed by atoms with E-state index >= 15 is 0 Å².